The van der Waals surface area contributed by atoms with Gasteiger partial charge in [-0.1, -0.05) is 0 Å². The Labute approximate surface area is 45.3 Å². The van der Waals surface area contributed by atoms with Crippen molar-refractivity contribution in [3.05, 3.63) is 16.8 Å². The highest BCUT2D eigenvalue weighted by atomic mass is 16.3. The van der Waals surface area contributed by atoms with Crippen LogP contribution in [0.4, 0.5) is 0 Å². The van der Waals surface area contributed by atoms with Gasteiger partial charge in [-0.2, -0.15) is 5.43 Å². The molecule has 5 nitrogen and oxygen atoms in total. The van der Waals surface area contributed by atoms with Crippen LogP contribution in [0.2, 0.25) is 0 Å². The van der Waals surface area contributed by atoms with Gasteiger partial charge in [0, 0.05) is 6.20 Å². The number of nitrogens with one attached hydrogen (secondary N) is 3. The molecule has 0 aliphatic carbocycles. The maximum Gasteiger partial charge on any atom is 0.350 e. The van der Waals surface area contributed by atoms with E-state index in [1.807, 2.05) is 0 Å². The molecule has 1 unspecified atom stereocenters. The Hall–Kier alpha value is -1.10. The van der Waals surface area contributed by atoms with E-state index in [-0.39, 0.29) is 6.17 Å². The number of nitroso groups, excluding NO2 is 1. The van der Waals surface area contributed by atoms with Crippen molar-refractivity contribution in [1.82, 2.24) is 16.3 Å². The molecule has 2 rings (SSSR count). The highest BCUT2D eigenvalue weighted by Gasteiger charge is 2.46. The Morgan fingerprint density at radius 3 is 3.12 bits per heavy atom. The van der Waals surface area contributed by atoms with Gasteiger partial charge < -0.3 is 5.43 Å². The summed E-state index contributed by atoms with van der Waals surface area (Å²) < 4.78 is 0. The fraction of sp³-hybridized carbons (Fsp3) is 0.333. The van der Waals surface area contributed by atoms with Crippen LogP contribution in [0.1, 0.15) is 0 Å². The van der Waals surface area contributed by atoms with E-state index < -0.39 is 0 Å². The maximum absolute atomic E-state index is 10.4. The summed E-state index contributed by atoms with van der Waals surface area (Å²) in [6, 6.07) is 0. The van der Waals surface area contributed by atoms with Gasteiger partial charge in [-0.15, -0.1) is 5.43 Å². The fourth-order valence-electron chi connectivity index (χ4n) is 0.759. The molecule has 0 aromatic carbocycles. The van der Waals surface area contributed by atoms with Crippen molar-refractivity contribution in [3.63, 3.8) is 0 Å². The lowest BCUT2D eigenvalue weighted by Gasteiger charge is -2.11. The molecule has 8 heavy (non-hydrogen) atoms. The zero-order valence-electron chi connectivity index (χ0n) is 4.01. The summed E-state index contributed by atoms with van der Waals surface area (Å²) in [6.07, 6.45) is 1.55. The van der Waals surface area contributed by atoms with E-state index in [0.29, 0.717) is 0 Å². The van der Waals surface area contributed by atoms with E-state index in [1.54, 1.807) is 6.20 Å². The average Bonchev–Trinajstić information content (AvgIpc) is 2.09. The van der Waals surface area contributed by atoms with Crippen molar-refractivity contribution in [1.29, 1.82) is 0 Å². The molecule has 0 radical (unpaired) electrons. The number of rotatable bonds is 0. The van der Waals surface area contributed by atoms with Gasteiger partial charge in [-0.3, -0.25) is 0 Å². The molecule has 1 saturated heterocycles. The molecule has 2 aliphatic rings. The van der Waals surface area contributed by atoms with Crippen molar-refractivity contribution in [2.24, 2.45) is 0 Å². The second-order valence-electron chi connectivity index (χ2n) is 1.73. The Morgan fingerprint density at radius 1 is 1.75 bits per heavy atom. The highest BCUT2D eigenvalue weighted by Crippen LogP contribution is 2.10. The van der Waals surface area contributed by atoms with Crippen LogP contribution < -0.4 is 16.3 Å². The molecule has 0 bridgehead atoms. The van der Waals surface area contributed by atoms with Crippen molar-refractivity contribution < 1.29 is 4.87 Å². The SMILES string of the molecule is O=[N+]1NC2=CNNC21. The smallest absolute Gasteiger partial charge is 0.321 e. The minimum atomic E-state index is -0.171. The molecule has 3 N–H and O–H groups in total. The standard InChI is InChI=1S/C3H5N4O/c8-7-3-2(6-7)1-4-5-3/h1,3-5H,(H,6,8)/q+1. The third-order valence-corrected chi connectivity index (χ3v) is 1.22. The first kappa shape index (κ1) is 3.85. The van der Waals surface area contributed by atoms with E-state index in [9.17, 15) is 4.91 Å². The van der Waals surface area contributed by atoms with Crippen LogP contribution in [-0.4, -0.2) is 11.0 Å². The summed E-state index contributed by atoms with van der Waals surface area (Å²) in [7, 11) is 0. The number of nitrogens with zero attached hydrogens (tertiary/aromatic N) is 1. The van der Waals surface area contributed by atoms with Crippen LogP contribution in [0.15, 0.2) is 11.9 Å². The van der Waals surface area contributed by atoms with Crippen LogP contribution in [0, 0.1) is 4.91 Å². The third-order valence-electron chi connectivity index (χ3n) is 1.22. The Kier molecular flexibility index (Phi) is 0.481. The zero-order valence-corrected chi connectivity index (χ0v) is 4.01. The van der Waals surface area contributed by atoms with E-state index in [1.165, 1.54) is 0 Å². The number of hydrazine groups is 2. The van der Waals surface area contributed by atoms with Crippen LogP contribution in [0.5, 0.6) is 0 Å². The van der Waals surface area contributed by atoms with Crippen molar-refractivity contribution >= 4 is 0 Å². The summed E-state index contributed by atoms with van der Waals surface area (Å²) >= 11 is 0. The van der Waals surface area contributed by atoms with Crippen LogP contribution in [0.3, 0.4) is 0 Å². The van der Waals surface area contributed by atoms with E-state index >= 15 is 0 Å². The molecule has 1 fully saturated rings. The number of fused-ring (bicyclic) bond motifs is 1. The molecular weight excluding hydrogens is 108 g/mol. The number of hydrogen-bond acceptors (Lipinski definition) is 3. The van der Waals surface area contributed by atoms with Gasteiger partial charge in [0.05, 0.1) is 4.91 Å². The Bertz CT molecular complexity index is 174. The molecule has 2 aliphatic heterocycles. The Balaban J connectivity index is 2.26. The second kappa shape index (κ2) is 1.00. The van der Waals surface area contributed by atoms with Crippen molar-refractivity contribution in [2.45, 2.75) is 6.17 Å². The number of hydrogen-bond donors (Lipinski definition) is 3. The van der Waals surface area contributed by atoms with Crippen LogP contribution in [0.25, 0.3) is 0 Å². The maximum atomic E-state index is 10.4. The monoisotopic (exact) mass is 113 g/mol. The average molecular weight is 113 g/mol. The summed E-state index contributed by atoms with van der Waals surface area (Å²) in [6.45, 7) is 0. The molecule has 42 valence electrons. The van der Waals surface area contributed by atoms with Gasteiger partial charge in [0.25, 0.3) is 0 Å². The van der Waals surface area contributed by atoms with Crippen LogP contribution >= 0.6 is 0 Å². The van der Waals surface area contributed by atoms with Gasteiger partial charge in [0.15, 0.2) is 5.70 Å². The highest BCUT2D eigenvalue weighted by molar-refractivity contribution is 5.09. The van der Waals surface area contributed by atoms with E-state index in [2.05, 4.69) is 16.3 Å². The predicted octanol–water partition coefficient (Wildman–Crippen LogP) is -1.44. The molecule has 1 atom stereocenters. The summed E-state index contributed by atoms with van der Waals surface area (Å²) in [5.74, 6) is 0. The van der Waals surface area contributed by atoms with Gasteiger partial charge in [-0.05, 0) is 0 Å². The molecule has 0 aromatic rings. The van der Waals surface area contributed by atoms with Gasteiger partial charge >= 0.3 is 6.17 Å². The predicted molar refractivity (Wildman–Crippen MR) is 24.9 cm³/mol. The quantitative estimate of drug-likeness (QED) is 0.337. The first-order chi connectivity index (χ1) is 3.88. The first-order valence-electron chi connectivity index (χ1n) is 2.32. The lowest BCUT2D eigenvalue weighted by atomic mass is 10.3. The van der Waals surface area contributed by atoms with Crippen LogP contribution in [-0.2, 0) is 0 Å². The summed E-state index contributed by atoms with van der Waals surface area (Å²) in [4.78, 5) is 11.1. The minimum absolute atomic E-state index is 0.171. The topological polar surface area (TPSA) is 56.2 Å². The van der Waals surface area contributed by atoms with E-state index in [0.717, 1.165) is 10.6 Å². The van der Waals surface area contributed by atoms with Gasteiger partial charge in [0.2, 0.25) is 0 Å². The minimum Gasteiger partial charge on any atom is -0.321 e. The van der Waals surface area contributed by atoms with Crippen molar-refractivity contribution in [3.8, 4) is 0 Å². The van der Waals surface area contributed by atoms with E-state index in [4.69, 9.17) is 0 Å². The van der Waals surface area contributed by atoms with Gasteiger partial charge in [-0.25, -0.2) is 0 Å². The third kappa shape index (κ3) is 0.261. The zero-order chi connectivity index (χ0) is 5.56. The molecule has 2 heterocycles. The molecule has 0 spiro atoms. The Morgan fingerprint density at radius 2 is 2.62 bits per heavy atom. The molecule has 0 saturated carbocycles. The summed E-state index contributed by atoms with van der Waals surface area (Å²) in [5.41, 5.74) is 8.83. The molecule has 0 aromatic heterocycles. The lowest BCUT2D eigenvalue weighted by Crippen LogP contribution is -2.56. The lowest BCUT2D eigenvalue weighted by molar-refractivity contribution is -0.679. The largest absolute Gasteiger partial charge is 0.350 e. The molecule has 5 heteroatoms. The van der Waals surface area contributed by atoms with Crippen molar-refractivity contribution in [2.75, 3.05) is 0 Å². The molecular formula is C3H5N4O+. The normalized spacial score (nSPS) is 31.8. The fourth-order valence-corrected chi connectivity index (χ4v) is 0.759. The second-order valence-corrected chi connectivity index (χ2v) is 1.73. The first-order valence-corrected chi connectivity index (χ1v) is 2.32. The molecule has 0 amide bonds. The van der Waals surface area contributed by atoms with Gasteiger partial charge in [0.1, 0.15) is 4.87 Å². The summed E-state index contributed by atoms with van der Waals surface area (Å²) in [5, 5.41) is 0.